The van der Waals surface area contributed by atoms with Crippen molar-refractivity contribution in [3.8, 4) is 6.07 Å². The Morgan fingerprint density at radius 2 is 2.06 bits per heavy atom. The average molecular weight is 220 g/mol. The second-order valence-corrected chi connectivity index (χ2v) is 4.48. The Morgan fingerprint density at radius 1 is 1.38 bits per heavy atom. The Labute approximate surface area is 96.1 Å². The highest BCUT2D eigenvalue weighted by Crippen LogP contribution is 2.16. The Morgan fingerprint density at radius 3 is 2.56 bits per heavy atom. The number of hydrogen-bond acceptors (Lipinski definition) is 2. The molecule has 0 bridgehead atoms. The fourth-order valence-corrected chi connectivity index (χ4v) is 1.75. The molecule has 0 aliphatic rings. The zero-order valence-corrected chi connectivity index (χ0v) is 9.92. The molecule has 16 heavy (non-hydrogen) atoms. The molecular formula is C13H17FN2. The van der Waals surface area contributed by atoms with Crippen LogP contribution in [0.5, 0.6) is 0 Å². The molecule has 0 aliphatic heterocycles. The second-order valence-electron chi connectivity index (χ2n) is 4.48. The maximum atomic E-state index is 13.3. The number of nitrogens with zero attached hydrogens (tertiary/aromatic N) is 1. The normalized spacial score (nSPS) is 12.2. The standard InChI is InChI=1S/C13H17FN2/c1-9(2)6-10(3)16-12-5-4-11(8-15)13(14)7-12/h4-5,7,9-10,16H,6H2,1-3H3. The predicted molar refractivity (Wildman–Crippen MR) is 63.7 cm³/mol. The van der Waals surface area contributed by atoms with Gasteiger partial charge >= 0.3 is 0 Å². The summed E-state index contributed by atoms with van der Waals surface area (Å²) in [4.78, 5) is 0. The lowest BCUT2D eigenvalue weighted by Crippen LogP contribution is -2.17. The minimum atomic E-state index is -0.468. The number of nitrogens with one attached hydrogen (secondary N) is 1. The number of anilines is 1. The number of benzene rings is 1. The maximum Gasteiger partial charge on any atom is 0.143 e. The van der Waals surface area contributed by atoms with Crippen molar-refractivity contribution in [2.24, 2.45) is 5.92 Å². The Kier molecular flexibility index (Phi) is 4.30. The van der Waals surface area contributed by atoms with Crippen molar-refractivity contribution in [2.45, 2.75) is 33.2 Å². The SMILES string of the molecule is CC(C)CC(C)Nc1ccc(C#N)c(F)c1. The van der Waals surface area contributed by atoms with Crippen LogP contribution >= 0.6 is 0 Å². The summed E-state index contributed by atoms with van der Waals surface area (Å²) in [6, 6.07) is 6.71. The van der Waals surface area contributed by atoms with E-state index in [0.717, 1.165) is 12.1 Å². The molecule has 0 fully saturated rings. The van der Waals surface area contributed by atoms with Gasteiger partial charge in [0.1, 0.15) is 11.9 Å². The molecule has 1 aromatic rings. The van der Waals surface area contributed by atoms with E-state index in [1.807, 2.05) is 0 Å². The van der Waals surface area contributed by atoms with E-state index in [1.54, 1.807) is 12.1 Å². The van der Waals surface area contributed by atoms with Crippen LogP contribution in [-0.4, -0.2) is 6.04 Å². The number of halogens is 1. The van der Waals surface area contributed by atoms with Gasteiger partial charge in [0.2, 0.25) is 0 Å². The van der Waals surface area contributed by atoms with Crippen LogP contribution < -0.4 is 5.32 Å². The van der Waals surface area contributed by atoms with Gasteiger partial charge in [-0.2, -0.15) is 5.26 Å². The lowest BCUT2D eigenvalue weighted by atomic mass is 10.0. The van der Waals surface area contributed by atoms with Crippen molar-refractivity contribution < 1.29 is 4.39 Å². The number of rotatable bonds is 4. The van der Waals surface area contributed by atoms with E-state index >= 15 is 0 Å². The van der Waals surface area contributed by atoms with Crippen LogP contribution in [-0.2, 0) is 0 Å². The van der Waals surface area contributed by atoms with Crippen LogP contribution in [0.2, 0.25) is 0 Å². The molecule has 0 radical (unpaired) electrons. The molecule has 1 N–H and O–H groups in total. The molecule has 1 rings (SSSR count). The minimum absolute atomic E-state index is 0.0852. The van der Waals surface area contributed by atoms with E-state index in [-0.39, 0.29) is 5.56 Å². The van der Waals surface area contributed by atoms with Crippen molar-refractivity contribution in [1.82, 2.24) is 0 Å². The molecule has 0 heterocycles. The van der Waals surface area contributed by atoms with E-state index in [4.69, 9.17) is 5.26 Å². The zero-order valence-electron chi connectivity index (χ0n) is 9.92. The number of hydrogen-bond donors (Lipinski definition) is 1. The molecule has 1 aromatic carbocycles. The van der Waals surface area contributed by atoms with Crippen molar-refractivity contribution >= 4 is 5.69 Å². The molecule has 1 unspecified atom stereocenters. The van der Waals surface area contributed by atoms with Crippen molar-refractivity contribution in [2.75, 3.05) is 5.32 Å². The molecule has 0 amide bonds. The monoisotopic (exact) mass is 220 g/mol. The summed E-state index contributed by atoms with van der Waals surface area (Å²) >= 11 is 0. The van der Waals surface area contributed by atoms with E-state index < -0.39 is 5.82 Å². The van der Waals surface area contributed by atoms with Crippen LogP contribution in [0.3, 0.4) is 0 Å². The first kappa shape index (κ1) is 12.5. The molecule has 2 nitrogen and oxygen atoms in total. The molecule has 86 valence electrons. The number of nitriles is 1. The smallest absolute Gasteiger partial charge is 0.143 e. The van der Waals surface area contributed by atoms with Gasteiger partial charge in [-0.1, -0.05) is 13.8 Å². The van der Waals surface area contributed by atoms with Gasteiger partial charge in [-0.15, -0.1) is 0 Å². The molecule has 0 aliphatic carbocycles. The third-order valence-corrected chi connectivity index (χ3v) is 2.33. The Bertz CT molecular complexity index is 393. The highest BCUT2D eigenvalue weighted by atomic mass is 19.1. The Hall–Kier alpha value is -1.56. The molecule has 0 saturated carbocycles. The molecule has 0 spiro atoms. The molecule has 0 saturated heterocycles. The minimum Gasteiger partial charge on any atom is -0.382 e. The highest BCUT2D eigenvalue weighted by molar-refractivity contribution is 5.48. The van der Waals surface area contributed by atoms with E-state index in [9.17, 15) is 4.39 Å². The maximum absolute atomic E-state index is 13.3. The van der Waals surface area contributed by atoms with Gasteiger partial charge in [0.05, 0.1) is 5.56 Å². The van der Waals surface area contributed by atoms with Crippen LogP contribution in [0.1, 0.15) is 32.8 Å². The largest absolute Gasteiger partial charge is 0.382 e. The van der Waals surface area contributed by atoms with Crippen molar-refractivity contribution in [1.29, 1.82) is 5.26 Å². The lowest BCUT2D eigenvalue weighted by Gasteiger charge is -2.17. The third-order valence-electron chi connectivity index (χ3n) is 2.33. The van der Waals surface area contributed by atoms with E-state index in [1.165, 1.54) is 12.1 Å². The summed E-state index contributed by atoms with van der Waals surface area (Å²) < 4.78 is 13.3. The third kappa shape index (κ3) is 3.54. The molecule has 0 aromatic heterocycles. The van der Waals surface area contributed by atoms with Crippen molar-refractivity contribution in [3.05, 3.63) is 29.6 Å². The van der Waals surface area contributed by atoms with Gasteiger partial charge in [-0.25, -0.2) is 4.39 Å². The summed E-state index contributed by atoms with van der Waals surface area (Å²) in [7, 11) is 0. The highest BCUT2D eigenvalue weighted by Gasteiger charge is 2.07. The summed E-state index contributed by atoms with van der Waals surface area (Å²) in [5, 5.41) is 11.8. The summed E-state index contributed by atoms with van der Waals surface area (Å²) in [5.74, 6) is 0.134. The van der Waals surface area contributed by atoms with Crippen LogP contribution in [0.25, 0.3) is 0 Å². The predicted octanol–water partition coefficient (Wildman–Crippen LogP) is 3.54. The van der Waals surface area contributed by atoms with E-state index in [0.29, 0.717) is 12.0 Å². The molecule has 3 heteroatoms. The lowest BCUT2D eigenvalue weighted by molar-refractivity contribution is 0.539. The van der Waals surface area contributed by atoms with Gasteiger partial charge in [0, 0.05) is 11.7 Å². The Balaban J connectivity index is 2.69. The summed E-state index contributed by atoms with van der Waals surface area (Å²) in [5.41, 5.74) is 0.812. The van der Waals surface area contributed by atoms with Gasteiger partial charge < -0.3 is 5.32 Å². The van der Waals surface area contributed by atoms with Crippen LogP contribution in [0.4, 0.5) is 10.1 Å². The molecule has 1 atom stereocenters. The van der Waals surface area contributed by atoms with E-state index in [2.05, 4.69) is 26.1 Å². The fraction of sp³-hybridized carbons (Fsp3) is 0.462. The first-order valence-corrected chi connectivity index (χ1v) is 5.49. The van der Waals surface area contributed by atoms with Gasteiger partial charge in [0.15, 0.2) is 0 Å². The summed E-state index contributed by atoms with van der Waals surface area (Å²) in [6.07, 6.45) is 1.03. The first-order valence-electron chi connectivity index (χ1n) is 5.49. The fourth-order valence-electron chi connectivity index (χ4n) is 1.75. The van der Waals surface area contributed by atoms with Gasteiger partial charge in [0.25, 0.3) is 0 Å². The quantitative estimate of drug-likeness (QED) is 0.842. The van der Waals surface area contributed by atoms with Crippen molar-refractivity contribution in [3.63, 3.8) is 0 Å². The van der Waals surface area contributed by atoms with Crippen LogP contribution in [0.15, 0.2) is 18.2 Å². The average Bonchev–Trinajstić information content (AvgIpc) is 2.16. The zero-order chi connectivity index (χ0) is 12.1. The topological polar surface area (TPSA) is 35.8 Å². The molecular weight excluding hydrogens is 203 g/mol. The van der Waals surface area contributed by atoms with Gasteiger partial charge in [-0.05, 0) is 37.5 Å². The second kappa shape index (κ2) is 5.50. The van der Waals surface area contributed by atoms with Gasteiger partial charge in [-0.3, -0.25) is 0 Å². The van der Waals surface area contributed by atoms with Crippen LogP contribution in [0, 0.1) is 23.1 Å². The summed E-state index contributed by atoms with van der Waals surface area (Å²) in [6.45, 7) is 6.37. The first-order chi connectivity index (χ1) is 7.52.